The smallest absolute Gasteiger partial charge is 0.224 e. The lowest BCUT2D eigenvalue weighted by molar-refractivity contribution is -0.126. The van der Waals surface area contributed by atoms with E-state index in [2.05, 4.69) is 19.2 Å². The van der Waals surface area contributed by atoms with E-state index in [0.29, 0.717) is 6.04 Å². The van der Waals surface area contributed by atoms with Crippen LogP contribution in [0.2, 0.25) is 0 Å². The van der Waals surface area contributed by atoms with E-state index in [4.69, 9.17) is 5.73 Å². The topological polar surface area (TPSA) is 55.1 Å². The van der Waals surface area contributed by atoms with Crippen molar-refractivity contribution in [3.8, 4) is 0 Å². The Labute approximate surface area is 105 Å². The lowest BCUT2D eigenvalue weighted by Crippen LogP contribution is -2.45. The van der Waals surface area contributed by atoms with Gasteiger partial charge < -0.3 is 11.1 Å². The van der Waals surface area contributed by atoms with Crippen LogP contribution in [0.4, 0.5) is 0 Å². The summed E-state index contributed by atoms with van der Waals surface area (Å²) in [6.07, 6.45) is 6.61. The average molecular weight is 238 g/mol. The third kappa shape index (κ3) is 3.01. The summed E-state index contributed by atoms with van der Waals surface area (Å²) in [6.45, 7) is 4.61. The fourth-order valence-corrected chi connectivity index (χ4v) is 3.30. The van der Waals surface area contributed by atoms with Crippen molar-refractivity contribution in [2.75, 3.05) is 0 Å². The molecule has 3 heteroatoms. The van der Waals surface area contributed by atoms with Gasteiger partial charge in [-0.15, -0.1) is 0 Å². The van der Waals surface area contributed by atoms with Crippen molar-refractivity contribution in [1.29, 1.82) is 0 Å². The molecule has 0 heterocycles. The van der Waals surface area contributed by atoms with Crippen LogP contribution in [0.3, 0.4) is 0 Å². The Kier molecular flexibility index (Phi) is 4.08. The molecule has 3 nitrogen and oxygen atoms in total. The number of hydrogen-bond acceptors (Lipinski definition) is 2. The summed E-state index contributed by atoms with van der Waals surface area (Å²) in [5.74, 6) is 1.81. The van der Waals surface area contributed by atoms with Crippen molar-refractivity contribution >= 4 is 5.91 Å². The van der Waals surface area contributed by atoms with Gasteiger partial charge in [0, 0.05) is 12.1 Å². The Balaban J connectivity index is 1.82. The predicted molar refractivity (Wildman–Crippen MR) is 69.4 cm³/mol. The number of amides is 1. The van der Waals surface area contributed by atoms with Gasteiger partial charge >= 0.3 is 0 Å². The fraction of sp³-hybridized carbons (Fsp3) is 0.929. The maximum atomic E-state index is 12.1. The molecule has 2 saturated carbocycles. The van der Waals surface area contributed by atoms with E-state index in [9.17, 15) is 4.79 Å². The lowest BCUT2D eigenvalue weighted by atomic mass is 9.79. The molecule has 2 fully saturated rings. The Bertz CT molecular complexity index is 279. The third-order valence-electron chi connectivity index (χ3n) is 4.85. The normalized spacial score (nSPS) is 42.4. The van der Waals surface area contributed by atoms with Crippen LogP contribution in [0.15, 0.2) is 0 Å². The molecule has 5 atom stereocenters. The number of carbonyl (C=O) groups excluding carboxylic acids is 1. The van der Waals surface area contributed by atoms with Gasteiger partial charge in [0.05, 0.1) is 5.92 Å². The number of carbonyl (C=O) groups is 1. The molecule has 0 saturated heterocycles. The van der Waals surface area contributed by atoms with Crippen LogP contribution in [0.25, 0.3) is 0 Å². The van der Waals surface area contributed by atoms with Crippen molar-refractivity contribution in [2.45, 2.75) is 64.5 Å². The molecule has 2 aliphatic carbocycles. The summed E-state index contributed by atoms with van der Waals surface area (Å²) in [5.41, 5.74) is 5.97. The van der Waals surface area contributed by atoms with E-state index in [1.807, 2.05) is 0 Å². The summed E-state index contributed by atoms with van der Waals surface area (Å²) in [5, 5.41) is 3.22. The second-order valence-corrected chi connectivity index (χ2v) is 6.17. The monoisotopic (exact) mass is 238 g/mol. The highest BCUT2D eigenvalue weighted by molar-refractivity contribution is 5.80. The first-order valence-electron chi connectivity index (χ1n) is 7.14. The molecule has 0 radical (unpaired) electrons. The zero-order valence-corrected chi connectivity index (χ0v) is 11.1. The van der Waals surface area contributed by atoms with Crippen molar-refractivity contribution in [3.63, 3.8) is 0 Å². The number of hydrogen-bond donors (Lipinski definition) is 2. The summed E-state index contributed by atoms with van der Waals surface area (Å²) in [6, 6.07) is 0.483. The Hall–Kier alpha value is -0.570. The predicted octanol–water partition coefficient (Wildman–Crippen LogP) is 2.05. The molecule has 17 heavy (non-hydrogen) atoms. The molecule has 0 aliphatic heterocycles. The van der Waals surface area contributed by atoms with Gasteiger partial charge in [0.15, 0.2) is 0 Å². The van der Waals surface area contributed by atoms with Crippen LogP contribution in [0.1, 0.15) is 52.4 Å². The Morgan fingerprint density at radius 2 is 1.88 bits per heavy atom. The summed E-state index contributed by atoms with van der Waals surface area (Å²) < 4.78 is 0. The van der Waals surface area contributed by atoms with E-state index in [0.717, 1.165) is 43.9 Å². The molecular formula is C14H26N2O. The maximum Gasteiger partial charge on any atom is 0.224 e. The fourth-order valence-electron chi connectivity index (χ4n) is 3.30. The van der Waals surface area contributed by atoms with E-state index in [1.54, 1.807) is 0 Å². The van der Waals surface area contributed by atoms with E-state index < -0.39 is 0 Å². The second-order valence-electron chi connectivity index (χ2n) is 6.17. The molecular weight excluding hydrogens is 212 g/mol. The van der Waals surface area contributed by atoms with Gasteiger partial charge in [0.1, 0.15) is 0 Å². The van der Waals surface area contributed by atoms with E-state index >= 15 is 0 Å². The van der Waals surface area contributed by atoms with Crippen LogP contribution in [-0.4, -0.2) is 18.0 Å². The number of nitrogens with one attached hydrogen (secondary N) is 1. The molecule has 0 aromatic rings. The molecule has 2 rings (SSSR count). The maximum absolute atomic E-state index is 12.1. The first-order chi connectivity index (χ1) is 8.08. The summed E-state index contributed by atoms with van der Waals surface area (Å²) >= 11 is 0. The molecule has 0 bridgehead atoms. The zero-order valence-electron chi connectivity index (χ0n) is 11.1. The zero-order chi connectivity index (χ0) is 12.4. The minimum absolute atomic E-state index is 0.0738. The van der Waals surface area contributed by atoms with Gasteiger partial charge in [0.2, 0.25) is 5.91 Å². The average Bonchev–Trinajstić information content (AvgIpc) is 2.70. The molecule has 0 aromatic heterocycles. The van der Waals surface area contributed by atoms with Crippen LogP contribution < -0.4 is 11.1 Å². The van der Waals surface area contributed by atoms with Crippen LogP contribution in [0, 0.1) is 17.8 Å². The minimum Gasteiger partial charge on any atom is -0.353 e. The van der Waals surface area contributed by atoms with Gasteiger partial charge in [0.25, 0.3) is 0 Å². The van der Waals surface area contributed by atoms with Gasteiger partial charge in [-0.05, 0) is 43.9 Å². The molecule has 0 aromatic carbocycles. The van der Waals surface area contributed by atoms with Crippen molar-refractivity contribution in [1.82, 2.24) is 5.32 Å². The SMILES string of the molecule is CC1CCC(NC(=O)C2CCCC2N)CC1C. The van der Waals surface area contributed by atoms with Crippen LogP contribution in [-0.2, 0) is 4.79 Å². The standard InChI is InChI=1S/C14H26N2O/c1-9-6-7-11(8-10(9)2)16-14(17)12-4-3-5-13(12)15/h9-13H,3-8,15H2,1-2H3,(H,16,17). The van der Waals surface area contributed by atoms with Gasteiger partial charge in [-0.3, -0.25) is 4.79 Å². The number of rotatable bonds is 2. The van der Waals surface area contributed by atoms with E-state index in [1.165, 1.54) is 6.42 Å². The van der Waals surface area contributed by atoms with Crippen LogP contribution in [0.5, 0.6) is 0 Å². The lowest BCUT2D eigenvalue weighted by Gasteiger charge is -2.33. The van der Waals surface area contributed by atoms with Gasteiger partial charge in [-0.2, -0.15) is 0 Å². The molecule has 2 aliphatic rings. The molecule has 5 unspecified atom stereocenters. The largest absolute Gasteiger partial charge is 0.353 e. The first-order valence-corrected chi connectivity index (χ1v) is 7.14. The number of nitrogens with two attached hydrogens (primary N) is 1. The Morgan fingerprint density at radius 1 is 1.12 bits per heavy atom. The van der Waals surface area contributed by atoms with Crippen LogP contribution >= 0.6 is 0 Å². The highest BCUT2D eigenvalue weighted by Gasteiger charge is 2.32. The molecule has 0 spiro atoms. The van der Waals surface area contributed by atoms with Crippen molar-refractivity contribution < 1.29 is 4.79 Å². The summed E-state index contributed by atoms with van der Waals surface area (Å²) in [7, 11) is 0. The first kappa shape index (κ1) is 12.9. The highest BCUT2D eigenvalue weighted by Crippen LogP contribution is 2.30. The third-order valence-corrected chi connectivity index (χ3v) is 4.85. The molecule has 1 amide bonds. The highest BCUT2D eigenvalue weighted by atomic mass is 16.2. The molecule has 98 valence electrons. The van der Waals surface area contributed by atoms with Gasteiger partial charge in [-0.25, -0.2) is 0 Å². The van der Waals surface area contributed by atoms with Gasteiger partial charge in [-0.1, -0.05) is 20.3 Å². The Morgan fingerprint density at radius 3 is 2.47 bits per heavy atom. The minimum atomic E-state index is 0.0738. The quantitative estimate of drug-likeness (QED) is 0.773. The molecule has 3 N–H and O–H groups in total. The second kappa shape index (κ2) is 5.38. The van der Waals surface area contributed by atoms with Crippen molar-refractivity contribution in [3.05, 3.63) is 0 Å². The van der Waals surface area contributed by atoms with Crippen molar-refractivity contribution in [2.24, 2.45) is 23.5 Å². The summed E-state index contributed by atoms with van der Waals surface area (Å²) in [4.78, 5) is 12.1. The van der Waals surface area contributed by atoms with E-state index in [-0.39, 0.29) is 17.9 Å².